The molecule has 0 aliphatic carbocycles. The van der Waals surface area contributed by atoms with Crippen LogP contribution in [0.4, 0.5) is 0 Å². The van der Waals surface area contributed by atoms with Crippen LogP contribution in [0, 0.1) is 0 Å². The van der Waals surface area contributed by atoms with Crippen molar-refractivity contribution in [3.05, 3.63) is 5.41 Å². The number of hydrogen-bond acceptors (Lipinski definition) is 0. The molecule has 0 N–H and O–H groups in total. The minimum absolute atomic E-state index is 0. The van der Waals surface area contributed by atoms with Crippen molar-refractivity contribution in [1.29, 1.82) is 0 Å². The van der Waals surface area contributed by atoms with Gasteiger partial charge in [-0.2, -0.15) is 0 Å². The average Bonchev–Trinajstić information content (AvgIpc) is 0.918. The van der Waals surface area contributed by atoms with Crippen molar-refractivity contribution in [2.45, 2.75) is 6.92 Å². The minimum atomic E-state index is 0. The zero-order chi connectivity index (χ0) is 2.71. The van der Waals surface area contributed by atoms with Gasteiger partial charge in [-0.05, 0) is 0 Å². The summed E-state index contributed by atoms with van der Waals surface area (Å²) >= 11 is 0. The summed E-state index contributed by atoms with van der Waals surface area (Å²) in [5.41, 5.74) is 0. The summed E-state index contributed by atoms with van der Waals surface area (Å²) < 4.78 is 0. The van der Waals surface area contributed by atoms with Gasteiger partial charge in [-0.1, -0.05) is 6.92 Å². The van der Waals surface area contributed by atoms with Crippen molar-refractivity contribution >= 4 is 6.21 Å². The molecule has 0 aromatic carbocycles. The Morgan fingerprint density at radius 2 is 1.75 bits per heavy atom. The molecule has 0 heterocycles. The van der Waals surface area contributed by atoms with E-state index < -0.39 is 0 Å². The summed E-state index contributed by atoms with van der Waals surface area (Å²) in [5.74, 6) is 0. The van der Waals surface area contributed by atoms with Gasteiger partial charge < -0.3 is 5.41 Å². The number of hydrogen-bond donors (Lipinski definition) is 0. The zero-order valence-corrected chi connectivity index (χ0v) is 7.94. The third-order valence-electron chi connectivity index (χ3n) is 0. The standard InChI is InChI=1S/C2H4N.Rb/c1-2-3;/h2H,1H3;/q-1;+1. The van der Waals surface area contributed by atoms with Gasteiger partial charge >= 0.3 is 58.2 Å². The molecule has 0 aliphatic heterocycles. The van der Waals surface area contributed by atoms with Crippen molar-refractivity contribution in [2.24, 2.45) is 0 Å². The van der Waals surface area contributed by atoms with E-state index in [0.717, 1.165) is 6.21 Å². The molecule has 0 saturated carbocycles. The van der Waals surface area contributed by atoms with Crippen LogP contribution in [0.3, 0.4) is 0 Å². The Hall–Kier alpha value is 1.48. The fraction of sp³-hybridized carbons (Fsp3) is 0.500. The maximum absolute atomic E-state index is 7.44. The van der Waals surface area contributed by atoms with E-state index in [4.69, 9.17) is 5.41 Å². The molecule has 4 heavy (non-hydrogen) atoms. The van der Waals surface area contributed by atoms with Crippen LogP contribution in [0.5, 0.6) is 0 Å². The van der Waals surface area contributed by atoms with Crippen molar-refractivity contribution in [3.63, 3.8) is 0 Å². The van der Waals surface area contributed by atoms with Gasteiger partial charge in [0.2, 0.25) is 0 Å². The third kappa shape index (κ3) is 9.78. The summed E-state index contributed by atoms with van der Waals surface area (Å²) in [6.45, 7) is 1.56. The van der Waals surface area contributed by atoms with Crippen molar-refractivity contribution in [1.82, 2.24) is 0 Å². The Kier molecular flexibility index (Phi) is 20.0. The van der Waals surface area contributed by atoms with Crippen LogP contribution >= 0.6 is 0 Å². The van der Waals surface area contributed by atoms with Crippen LogP contribution in [0.1, 0.15) is 6.92 Å². The minimum Gasteiger partial charge on any atom is -0.814 e. The molecular weight excluding hydrogens is 123 g/mol. The molecule has 0 unspecified atom stereocenters. The van der Waals surface area contributed by atoms with Crippen LogP contribution in [-0.2, 0) is 0 Å². The Labute approximate surface area is 75.1 Å². The summed E-state index contributed by atoms with van der Waals surface area (Å²) in [5, 5.41) is 7.44. The maximum atomic E-state index is 7.44. The summed E-state index contributed by atoms with van der Waals surface area (Å²) in [6, 6.07) is 0. The molecule has 0 spiro atoms. The first-order valence-electron chi connectivity index (χ1n) is 0.836. The molecular formula is C2H4NRb. The quantitative estimate of drug-likeness (QED) is 0.325. The van der Waals surface area contributed by atoms with E-state index >= 15 is 0 Å². The molecule has 1 nitrogen and oxygen atoms in total. The summed E-state index contributed by atoms with van der Waals surface area (Å²) in [6.07, 6.45) is 1.00. The van der Waals surface area contributed by atoms with Gasteiger partial charge in [0.25, 0.3) is 0 Å². The van der Waals surface area contributed by atoms with E-state index in [1.807, 2.05) is 0 Å². The van der Waals surface area contributed by atoms with Crippen LogP contribution in [-0.4, -0.2) is 6.21 Å². The van der Waals surface area contributed by atoms with Gasteiger partial charge in [-0.25, -0.2) is 6.21 Å². The van der Waals surface area contributed by atoms with Gasteiger partial charge in [0, 0.05) is 0 Å². The summed E-state index contributed by atoms with van der Waals surface area (Å²) in [7, 11) is 0. The first-order chi connectivity index (χ1) is 1.41. The van der Waals surface area contributed by atoms with Crippen LogP contribution in [0.15, 0.2) is 0 Å². The van der Waals surface area contributed by atoms with E-state index in [1.165, 1.54) is 0 Å². The molecule has 0 aromatic heterocycles. The topological polar surface area (TPSA) is 22.3 Å². The molecule has 0 rings (SSSR count). The number of rotatable bonds is 0. The molecule has 2 heteroatoms. The molecule has 0 amide bonds. The van der Waals surface area contributed by atoms with Gasteiger partial charge in [-0.15, -0.1) is 0 Å². The van der Waals surface area contributed by atoms with E-state index in [-0.39, 0.29) is 58.2 Å². The van der Waals surface area contributed by atoms with Gasteiger partial charge in [0.15, 0.2) is 0 Å². The molecule has 0 aliphatic rings. The van der Waals surface area contributed by atoms with E-state index in [0.29, 0.717) is 0 Å². The van der Waals surface area contributed by atoms with E-state index in [1.54, 1.807) is 6.92 Å². The van der Waals surface area contributed by atoms with Crippen LogP contribution < -0.4 is 58.2 Å². The maximum Gasteiger partial charge on any atom is 1.00 e. The molecule has 0 atom stereocenters. The molecule has 18 valence electrons. The Morgan fingerprint density at radius 1 is 1.75 bits per heavy atom. The first kappa shape index (κ1) is 9.08. The smallest absolute Gasteiger partial charge is 0.814 e. The normalized spacial score (nSPS) is 3.25. The largest absolute Gasteiger partial charge is 1.00 e. The Morgan fingerprint density at radius 3 is 1.75 bits per heavy atom. The molecule has 0 radical (unpaired) electrons. The third-order valence-corrected chi connectivity index (χ3v) is 0. The second kappa shape index (κ2) is 8.82. The van der Waals surface area contributed by atoms with E-state index in [2.05, 4.69) is 0 Å². The predicted octanol–water partition coefficient (Wildman–Crippen LogP) is -2.35. The monoisotopic (exact) mass is 127 g/mol. The average molecular weight is 128 g/mol. The number of nitrogens with zero attached hydrogens (tertiary/aromatic N) is 1. The van der Waals surface area contributed by atoms with Gasteiger partial charge in [0.1, 0.15) is 0 Å². The van der Waals surface area contributed by atoms with Crippen molar-refractivity contribution < 1.29 is 58.2 Å². The Bertz CT molecular complexity index is 13.5. The van der Waals surface area contributed by atoms with Crippen molar-refractivity contribution in [2.75, 3.05) is 0 Å². The summed E-state index contributed by atoms with van der Waals surface area (Å²) in [4.78, 5) is 0. The van der Waals surface area contributed by atoms with Crippen LogP contribution in [0.25, 0.3) is 5.41 Å². The fourth-order valence-electron chi connectivity index (χ4n) is 0. The van der Waals surface area contributed by atoms with Gasteiger partial charge in [0.05, 0.1) is 0 Å². The molecule has 0 saturated heterocycles. The van der Waals surface area contributed by atoms with Crippen LogP contribution in [0.2, 0.25) is 0 Å². The molecule has 0 aromatic rings. The van der Waals surface area contributed by atoms with Gasteiger partial charge in [-0.3, -0.25) is 0 Å². The zero-order valence-electron chi connectivity index (χ0n) is 3.02. The Balaban J connectivity index is 0. The second-order valence-corrected chi connectivity index (χ2v) is 0.258. The molecule has 0 bridgehead atoms. The first-order valence-corrected chi connectivity index (χ1v) is 0.836. The predicted molar refractivity (Wildman–Crippen MR) is 15.1 cm³/mol. The van der Waals surface area contributed by atoms with E-state index in [9.17, 15) is 0 Å². The van der Waals surface area contributed by atoms with Crippen molar-refractivity contribution in [3.8, 4) is 0 Å². The molecule has 0 fully saturated rings. The SMILES string of the molecule is CC=[N-].[Rb+]. The fourth-order valence-corrected chi connectivity index (χ4v) is 0. The second-order valence-electron chi connectivity index (χ2n) is 0.258.